The van der Waals surface area contributed by atoms with E-state index in [1.807, 2.05) is 29.2 Å². The van der Waals surface area contributed by atoms with E-state index in [9.17, 15) is 4.79 Å². The van der Waals surface area contributed by atoms with Gasteiger partial charge in [0.05, 0.1) is 6.10 Å². The molecular weight excluding hydrogens is 388 g/mol. The van der Waals surface area contributed by atoms with E-state index in [1.165, 1.54) is 16.7 Å². The summed E-state index contributed by atoms with van der Waals surface area (Å²) >= 11 is 0. The third kappa shape index (κ3) is 7.40. The number of carbonyl (C=O) groups is 1. The Labute approximate surface area is 185 Å². The van der Waals surface area contributed by atoms with Gasteiger partial charge in [0, 0.05) is 46.3 Å². The van der Waals surface area contributed by atoms with E-state index in [0.717, 1.165) is 31.9 Å². The molecule has 0 aromatic heterocycles. The fraction of sp³-hybridized carbons (Fsp3) is 0.440. The fourth-order valence-corrected chi connectivity index (χ4v) is 3.70. The molecule has 1 heterocycles. The average molecular weight is 423 g/mol. The molecule has 6 heteroatoms. The highest BCUT2D eigenvalue weighted by molar-refractivity contribution is 5.79. The first-order chi connectivity index (χ1) is 15.2. The number of nitrogens with one attached hydrogen (secondary N) is 2. The SMILES string of the molecule is CN=C(NCCCOC(C)c1ccccc1)NCc1cccc(CN2CCCC2=O)c1. The molecule has 1 fully saturated rings. The summed E-state index contributed by atoms with van der Waals surface area (Å²) in [5, 5.41) is 6.70. The van der Waals surface area contributed by atoms with Crippen LogP contribution in [0.1, 0.15) is 49.0 Å². The van der Waals surface area contributed by atoms with Gasteiger partial charge < -0.3 is 20.3 Å². The topological polar surface area (TPSA) is 66.0 Å². The Morgan fingerprint density at radius 1 is 1.13 bits per heavy atom. The van der Waals surface area contributed by atoms with E-state index in [1.54, 1.807) is 7.05 Å². The molecule has 1 unspecified atom stereocenters. The first-order valence-electron chi connectivity index (χ1n) is 11.1. The zero-order chi connectivity index (χ0) is 21.9. The smallest absolute Gasteiger partial charge is 0.222 e. The number of benzene rings is 2. The molecule has 0 aliphatic carbocycles. The van der Waals surface area contributed by atoms with Crippen molar-refractivity contribution in [3.05, 3.63) is 71.3 Å². The number of hydrogen-bond acceptors (Lipinski definition) is 3. The van der Waals surface area contributed by atoms with Gasteiger partial charge in [0.2, 0.25) is 5.91 Å². The standard InChI is InChI=1S/C25H34N4O2/c1-20(23-11-4-3-5-12-23)31-16-8-14-27-25(26-2)28-18-21-9-6-10-22(17-21)19-29-15-7-13-24(29)30/h3-6,9-12,17,20H,7-8,13-16,18-19H2,1-2H3,(H2,26,27,28). The quantitative estimate of drug-likeness (QED) is 0.349. The summed E-state index contributed by atoms with van der Waals surface area (Å²) in [6.07, 6.45) is 2.65. The lowest BCUT2D eigenvalue weighted by Crippen LogP contribution is -2.37. The van der Waals surface area contributed by atoms with Crippen LogP contribution in [0.3, 0.4) is 0 Å². The lowest BCUT2D eigenvalue weighted by molar-refractivity contribution is -0.128. The van der Waals surface area contributed by atoms with Gasteiger partial charge in [-0.3, -0.25) is 9.79 Å². The van der Waals surface area contributed by atoms with E-state index in [0.29, 0.717) is 26.1 Å². The average Bonchev–Trinajstić information content (AvgIpc) is 3.20. The minimum Gasteiger partial charge on any atom is -0.374 e. The number of hydrogen-bond donors (Lipinski definition) is 2. The minimum atomic E-state index is 0.0989. The van der Waals surface area contributed by atoms with Crippen LogP contribution in [-0.4, -0.2) is 43.5 Å². The van der Waals surface area contributed by atoms with Crippen LogP contribution >= 0.6 is 0 Å². The first kappa shape index (κ1) is 22.8. The molecular formula is C25H34N4O2. The van der Waals surface area contributed by atoms with Crippen molar-refractivity contribution < 1.29 is 9.53 Å². The van der Waals surface area contributed by atoms with Crippen molar-refractivity contribution in [1.29, 1.82) is 0 Å². The molecule has 2 aromatic carbocycles. The Balaban J connectivity index is 1.35. The van der Waals surface area contributed by atoms with Crippen LogP contribution in [0.15, 0.2) is 59.6 Å². The molecule has 1 aliphatic rings. The summed E-state index contributed by atoms with van der Waals surface area (Å²) in [4.78, 5) is 18.1. The van der Waals surface area contributed by atoms with Crippen molar-refractivity contribution in [2.24, 2.45) is 4.99 Å². The Kier molecular flexibility index (Phi) is 8.91. The van der Waals surface area contributed by atoms with Crippen molar-refractivity contribution in [3.8, 4) is 0 Å². The van der Waals surface area contributed by atoms with Crippen LogP contribution in [0.4, 0.5) is 0 Å². The van der Waals surface area contributed by atoms with Gasteiger partial charge >= 0.3 is 0 Å². The summed E-state index contributed by atoms with van der Waals surface area (Å²) in [6.45, 7) is 5.81. The van der Waals surface area contributed by atoms with Gasteiger partial charge in [0.15, 0.2) is 5.96 Å². The van der Waals surface area contributed by atoms with Crippen LogP contribution in [0.5, 0.6) is 0 Å². The van der Waals surface area contributed by atoms with Gasteiger partial charge in [-0.2, -0.15) is 0 Å². The molecule has 166 valence electrons. The Morgan fingerprint density at radius 2 is 1.94 bits per heavy atom. The second-order valence-corrected chi connectivity index (χ2v) is 7.87. The van der Waals surface area contributed by atoms with Gasteiger partial charge in [-0.25, -0.2) is 0 Å². The van der Waals surface area contributed by atoms with Crippen LogP contribution < -0.4 is 10.6 Å². The molecule has 0 bridgehead atoms. The summed E-state index contributed by atoms with van der Waals surface area (Å²) in [7, 11) is 1.78. The molecule has 0 saturated carbocycles. The third-order valence-electron chi connectivity index (χ3n) is 5.47. The maximum atomic E-state index is 11.9. The van der Waals surface area contributed by atoms with Gasteiger partial charge in [0.25, 0.3) is 0 Å². The Hall–Kier alpha value is -2.86. The number of amides is 1. The zero-order valence-electron chi connectivity index (χ0n) is 18.6. The van der Waals surface area contributed by atoms with E-state index < -0.39 is 0 Å². The highest BCUT2D eigenvalue weighted by Crippen LogP contribution is 2.16. The number of nitrogens with zero attached hydrogens (tertiary/aromatic N) is 2. The predicted octanol–water partition coefficient (Wildman–Crippen LogP) is 3.64. The molecule has 1 aliphatic heterocycles. The predicted molar refractivity (Wildman–Crippen MR) is 125 cm³/mol. The highest BCUT2D eigenvalue weighted by Gasteiger charge is 2.19. The van der Waals surface area contributed by atoms with Crippen LogP contribution in [0.25, 0.3) is 0 Å². The number of likely N-dealkylation sites (tertiary alicyclic amines) is 1. The second-order valence-electron chi connectivity index (χ2n) is 7.87. The van der Waals surface area contributed by atoms with E-state index in [4.69, 9.17) is 4.74 Å². The largest absolute Gasteiger partial charge is 0.374 e. The number of aliphatic imine (C=N–C) groups is 1. The summed E-state index contributed by atoms with van der Waals surface area (Å²) in [5.41, 5.74) is 3.54. The van der Waals surface area contributed by atoms with Crippen molar-refractivity contribution in [3.63, 3.8) is 0 Å². The molecule has 1 atom stereocenters. The fourth-order valence-electron chi connectivity index (χ4n) is 3.70. The summed E-state index contributed by atoms with van der Waals surface area (Å²) in [6, 6.07) is 18.6. The second kappa shape index (κ2) is 12.1. The number of ether oxygens (including phenoxy) is 1. The van der Waals surface area contributed by atoms with Crippen molar-refractivity contribution in [2.75, 3.05) is 26.7 Å². The van der Waals surface area contributed by atoms with Gasteiger partial charge in [-0.1, -0.05) is 54.6 Å². The number of carbonyl (C=O) groups excluding carboxylic acids is 1. The Bertz CT molecular complexity index is 854. The molecule has 1 amide bonds. The molecule has 3 rings (SSSR count). The van der Waals surface area contributed by atoms with Crippen LogP contribution in [0, 0.1) is 0 Å². The lowest BCUT2D eigenvalue weighted by Gasteiger charge is -2.17. The van der Waals surface area contributed by atoms with Crippen LogP contribution in [0.2, 0.25) is 0 Å². The maximum absolute atomic E-state index is 11.9. The number of rotatable bonds is 10. The van der Waals surface area contributed by atoms with Crippen molar-refractivity contribution >= 4 is 11.9 Å². The molecule has 2 N–H and O–H groups in total. The number of guanidine groups is 1. The van der Waals surface area contributed by atoms with Gasteiger partial charge in [0.1, 0.15) is 0 Å². The molecule has 2 aromatic rings. The highest BCUT2D eigenvalue weighted by atomic mass is 16.5. The molecule has 6 nitrogen and oxygen atoms in total. The molecule has 0 spiro atoms. The van der Waals surface area contributed by atoms with E-state index >= 15 is 0 Å². The monoisotopic (exact) mass is 422 g/mol. The Morgan fingerprint density at radius 3 is 2.68 bits per heavy atom. The summed E-state index contributed by atoms with van der Waals surface area (Å²) < 4.78 is 5.92. The maximum Gasteiger partial charge on any atom is 0.222 e. The molecule has 1 saturated heterocycles. The first-order valence-corrected chi connectivity index (χ1v) is 11.1. The minimum absolute atomic E-state index is 0.0989. The summed E-state index contributed by atoms with van der Waals surface area (Å²) in [5.74, 6) is 1.03. The van der Waals surface area contributed by atoms with Crippen LogP contribution in [-0.2, 0) is 22.6 Å². The normalized spacial score (nSPS) is 15.2. The van der Waals surface area contributed by atoms with Gasteiger partial charge in [-0.15, -0.1) is 0 Å². The molecule has 0 radical (unpaired) electrons. The lowest BCUT2D eigenvalue weighted by atomic mass is 10.1. The molecule has 31 heavy (non-hydrogen) atoms. The third-order valence-corrected chi connectivity index (χ3v) is 5.47. The van der Waals surface area contributed by atoms with Gasteiger partial charge in [-0.05, 0) is 36.5 Å². The van der Waals surface area contributed by atoms with E-state index in [2.05, 4.69) is 52.9 Å². The van der Waals surface area contributed by atoms with E-state index in [-0.39, 0.29) is 12.0 Å². The van der Waals surface area contributed by atoms with Crippen molar-refractivity contribution in [1.82, 2.24) is 15.5 Å². The van der Waals surface area contributed by atoms with Crippen molar-refractivity contribution in [2.45, 2.75) is 45.4 Å². The zero-order valence-corrected chi connectivity index (χ0v) is 18.6.